The lowest BCUT2D eigenvalue weighted by atomic mass is 9.87. The van der Waals surface area contributed by atoms with Crippen molar-refractivity contribution in [2.45, 2.75) is 27.3 Å². The van der Waals surface area contributed by atoms with E-state index in [-0.39, 0.29) is 34.0 Å². The van der Waals surface area contributed by atoms with Gasteiger partial charge in [-0.15, -0.1) is 11.3 Å². The topological polar surface area (TPSA) is 105 Å². The van der Waals surface area contributed by atoms with Crippen LogP contribution in [0.2, 0.25) is 5.02 Å². The molecule has 0 unspecified atom stereocenters. The van der Waals surface area contributed by atoms with E-state index in [1.54, 1.807) is 87.5 Å². The van der Waals surface area contributed by atoms with Crippen molar-refractivity contribution >= 4 is 52.0 Å². The Balaban J connectivity index is 1.79. The van der Waals surface area contributed by atoms with Crippen LogP contribution in [0, 0.1) is 16.7 Å². The first-order valence-electron chi connectivity index (χ1n) is 11.7. The zero-order valence-electron chi connectivity index (χ0n) is 20.9. The number of Topliss-reactive ketones (excluding diaryl/α,β-unsaturated/α-hetero) is 1. The van der Waals surface area contributed by atoms with Crippen molar-refractivity contribution in [1.29, 1.82) is 5.26 Å². The van der Waals surface area contributed by atoms with Crippen LogP contribution in [-0.4, -0.2) is 16.3 Å². The molecule has 0 spiro atoms. The zero-order chi connectivity index (χ0) is 27.4. The van der Waals surface area contributed by atoms with Crippen LogP contribution in [0.1, 0.15) is 42.5 Å². The number of ketones is 1. The van der Waals surface area contributed by atoms with E-state index in [4.69, 9.17) is 16.0 Å². The minimum Gasteiger partial charge on any atom is -0.467 e. The summed E-state index contributed by atoms with van der Waals surface area (Å²) in [4.78, 5) is 39.1. The second-order valence-corrected chi connectivity index (χ2v) is 11.0. The van der Waals surface area contributed by atoms with Crippen LogP contribution < -0.4 is 20.1 Å². The SMILES string of the molecule is CC(C)(C)C(=O)/C(C#N)=c1/s/c(=C\c2cccc(NC(=O)c3ccc(Cl)cc3)c2)c(=O)n1Cc1ccco1. The third-order valence-electron chi connectivity index (χ3n) is 5.58. The van der Waals surface area contributed by atoms with Gasteiger partial charge in [0, 0.05) is 21.7 Å². The van der Waals surface area contributed by atoms with Gasteiger partial charge >= 0.3 is 0 Å². The molecule has 0 aliphatic rings. The minimum absolute atomic E-state index is 0.0743. The van der Waals surface area contributed by atoms with Crippen LogP contribution in [0.5, 0.6) is 0 Å². The number of benzene rings is 2. The number of nitrogens with zero attached hydrogens (tertiary/aromatic N) is 2. The Labute approximate surface area is 227 Å². The summed E-state index contributed by atoms with van der Waals surface area (Å²) in [6.07, 6.45) is 3.17. The van der Waals surface area contributed by atoms with Crippen LogP contribution in [0.25, 0.3) is 11.6 Å². The van der Waals surface area contributed by atoms with Gasteiger partial charge in [0.25, 0.3) is 11.5 Å². The van der Waals surface area contributed by atoms with Gasteiger partial charge in [-0.2, -0.15) is 5.26 Å². The fraction of sp³-hybridized carbons (Fsp3) is 0.172. The Morgan fingerprint density at radius 3 is 2.50 bits per heavy atom. The van der Waals surface area contributed by atoms with Gasteiger partial charge in [0.2, 0.25) is 0 Å². The summed E-state index contributed by atoms with van der Waals surface area (Å²) in [5.41, 5.74) is 0.422. The molecule has 2 heterocycles. The number of hydrogen-bond donors (Lipinski definition) is 1. The maximum Gasteiger partial charge on any atom is 0.269 e. The standard InChI is InChI=1S/C29H24ClN3O4S/c1-29(2,3)25(34)23(16-31)28-33(17-22-8-5-13-37-22)27(36)24(38-28)15-18-6-4-7-21(14-18)32-26(35)19-9-11-20(30)12-10-19/h4-15H,17H2,1-3H3,(H,32,35)/b24-15-,28-23+. The number of anilines is 1. The predicted octanol–water partition coefficient (Wildman–Crippen LogP) is 4.58. The lowest BCUT2D eigenvalue weighted by molar-refractivity contribution is -0.120. The summed E-state index contributed by atoms with van der Waals surface area (Å²) in [5.74, 6) is -0.134. The van der Waals surface area contributed by atoms with Crippen LogP contribution in [0.15, 0.2) is 76.1 Å². The van der Waals surface area contributed by atoms with Gasteiger partial charge in [-0.1, -0.05) is 44.5 Å². The number of rotatable bonds is 6. The first-order valence-corrected chi connectivity index (χ1v) is 12.9. The quantitative estimate of drug-likeness (QED) is 0.382. The molecule has 2 aromatic carbocycles. The van der Waals surface area contributed by atoms with E-state index in [9.17, 15) is 19.6 Å². The minimum atomic E-state index is -0.804. The van der Waals surface area contributed by atoms with Crippen molar-refractivity contribution < 1.29 is 14.0 Å². The molecule has 38 heavy (non-hydrogen) atoms. The van der Waals surface area contributed by atoms with Crippen molar-refractivity contribution in [2.75, 3.05) is 5.32 Å². The monoisotopic (exact) mass is 545 g/mol. The molecule has 0 radical (unpaired) electrons. The molecule has 0 aliphatic carbocycles. The number of hydrogen-bond acceptors (Lipinski definition) is 6. The van der Waals surface area contributed by atoms with E-state index < -0.39 is 5.41 Å². The maximum absolute atomic E-state index is 13.5. The third-order valence-corrected chi connectivity index (χ3v) is 6.97. The summed E-state index contributed by atoms with van der Waals surface area (Å²) in [5, 5.41) is 13.3. The van der Waals surface area contributed by atoms with Crippen molar-refractivity contribution in [1.82, 2.24) is 4.57 Å². The van der Waals surface area contributed by atoms with Crippen molar-refractivity contribution in [3.8, 4) is 6.07 Å². The Kier molecular flexibility index (Phi) is 7.81. The van der Waals surface area contributed by atoms with E-state index in [2.05, 4.69) is 5.32 Å². The number of carbonyl (C=O) groups is 2. The first-order chi connectivity index (χ1) is 18.1. The molecule has 0 saturated carbocycles. The Morgan fingerprint density at radius 1 is 1.13 bits per heavy atom. The molecule has 4 aromatic rings. The highest BCUT2D eigenvalue weighted by molar-refractivity contribution is 7.07. The van der Waals surface area contributed by atoms with Crippen LogP contribution in [0.4, 0.5) is 5.69 Å². The number of nitriles is 1. The van der Waals surface area contributed by atoms with Gasteiger partial charge in [-0.3, -0.25) is 19.0 Å². The molecular formula is C29H24ClN3O4S. The highest BCUT2D eigenvalue weighted by Crippen LogP contribution is 2.20. The second kappa shape index (κ2) is 11.1. The molecule has 0 bridgehead atoms. The smallest absolute Gasteiger partial charge is 0.269 e. The molecule has 0 atom stereocenters. The number of nitrogens with one attached hydrogen (secondary N) is 1. The Hall–Kier alpha value is -4.19. The second-order valence-electron chi connectivity index (χ2n) is 9.54. The van der Waals surface area contributed by atoms with E-state index in [1.807, 2.05) is 6.07 Å². The molecule has 9 heteroatoms. The van der Waals surface area contributed by atoms with Crippen LogP contribution in [-0.2, 0) is 11.3 Å². The molecule has 0 saturated heterocycles. The van der Waals surface area contributed by atoms with E-state index in [1.165, 1.54) is 10.8 Å². The normalized spacial score (nSPS) is 12.7. The van der Waals surface area contributed by atoms with Gasteiger partial charge in [-0.25, -0.2) is 0 Å². The summed E-state index contributed by atoms with van der Waals surface area (Å²) < 4.78 is 7.42. The number of furan rings is 1. The number of aromatic nitrogens is 1. The molecular weight excluding hydrogens is 522 g/mol. The largest absolute Gasteiger partial charge is 0.467 e. The van der Waals surface area contributed by atoms with Crippen molar-refractivity contribution in [2.24, 2.45) is 5.41 Å². The number of carbonyl (C=O) groups excluding carboxylic acids is 2. The predicted molar refractivity (Wildman–Crippen MR) is 149 cm³/mol. The molecule has 0 fully saturated rings. The van der Waals surface area contributed by atoms with Gasteiger partial charge in [0.05, 0.1) is 17.3 Å². The van der Waals surface area contributed by atoms with Crippen molar-refractivity contribution in [3.63, 3.8) is 0 Å². The summed E-state index contributed by atoms with van der Waals surface area (Å²) in [6.45, 7) is 5.26. The van der Waals surface area contributed by atoms with E-state index >= 15 is 0 Å². The Bertz CT molecular complexity index is 1720. The van der Waals surface area contributed by atoms with Gasteiger partial charge < -0.3 is 9.73 Å². The fourth-order valence-corrected chi connectivity index (χ4v) is 4.87. The summed E-state index contributed by atoms with van der Waals surface area (Å²) in [6, 6.07) is 19.0. The van der Waals surface area contributed by atoms with E-state index in [0.29, 0.717) is 32.1 Å². The Morgan fingerprint density at radius 2 is 1.87 bits per heavy atom. The lowest BCUT2D eigenvalue weighted by Gasteiger charge is -2.15. The maximum atomic E-state index is 13.5. The third kappa shape index (κ3) is 6.02. The number of halogens is 1. The van der Waals surface area contributed by atoms with E-state index in [0.717, 1.165) is 11.3 Å². The average Bonchev–Trinajstić information content (AvgIpc) is 3.49. The highest BCUT2D eigenvalue weighted by Gasteiger charge is 2.27. The molecule has 7 nitrogen and oxygen atoms in total. The molecule has 192 valence electrons. The van der Waals surface area contributed by atoms with Gasteiger partial charge in [0.1, 0.15) is 22.1 Å². The first kappa shape index (κ1) is 26.9. The summed E-state index contributed by atoms with van der Waals surface area (Å²) >= 11 is 6.97. The number of thiazole rings is 1. The molecule has 4 rings (SSSR count). The molecule has 2 aromatic heterocycles. The molecule has 1 N–H and O–H groups in total. The zero-order valence-corrected chi connectivity index (χ0v) is 22.5. The summed E-state index contributed by atoms with van der Waals surface area (Å²) in [7, 11) is 0. The highest BCUT2D eigenvalue weighted by atomic mass is 35.5. The van der Waals surface area contributed by atoms with Crippen molar-refractivity contribution in [3.05, 3.63) is 108 Å². The van der Waals surface area contributed by atoms with Gasteiger partial charge in [-0.05, 0) is 60.2 Å². The number of amides is 1. The molecule has 0 aliphatic heterocycles. The van der Waals surface area contributed by atoms with Gasteiger partial charge in [0.15, 0.2) is 5.78 Å². The fourth-order valence-electron chi connectivity index (χ4n) is 3.64. The lowest BCUT2D eigenvalue weighted by Crippen LogP contribution is -2.34. The van der Waals surface area contributed by atoms with Crippen LogP contribution in [0.3, 0.4) is 0 Å². The van der Waals surface area contributed by atoms with Crippen LogP contribution >= 0.6 is 22.9 Å². The molecule has 1 amide bonds. The average molecular weight is 546 g/mol.